The van der Waals surface area contributed by atoms with Gasteiger partial charge in [0.2, 0.25) is 0 Å². The van der Waals surface area contributed by atoms with E-state index in [0.29, 0.717) is 17.9 Å². The average molecular weight is 304 g/mol. The van der Waals surface area contributed by atoms with E-state index in [2.05, 4.69) is 24.7 Å². The quantitative estimate of drug-likeness (QED) is 0.834. The number of hydrogen-bond acceptors (Lipinski definition) is 4. The monoisotopic (exact) mass is 304 g/mol. The third-order valence-electron chi connectivity index (χ3n) is 3.33. The molecule has 0 amide bonds. The Morgan fingerprint density at radius 3 is 2.76 bits per heavy atom. The minimum absolute atomic E-state index is 0.0582. The van der Waals surface area contributed by atoms with Gasteiger partial charge in [-0.15, -0.1) is 0 Å². The van der Waals surface area contributed by atoms with E-state index in [4.69, 9.17) is 4.74 Å². The maximum Gasteiger partial charge on any atom is 0.270 e. The van der Waals surface area contributed by atoms with Crippen molar-refractivity contribution in [2.24, 2.45) is 0 Å². The standard InChI is InChI=1S/C16H20N2O2S/c1-3-4-9-18-16(19)12(11-21)10-14(17-18)13-7-5-6-8-15(13)20-2/h5-8,10,21H,3-4,9,11H2,1-2H3. The minimum Gasteiger partial charge on any atom is -0.496 e. The zero-order valence-corrected chi connectivity index (χ0v) is 13.3. The molecule has 0 bridgehead atoms. The molecular weight excluding hydrogens is 284 g/mol. The van der Waals surface area contributed by atoms with Gasteiger partial charge in [0.1, 0.15) is 5.75 Å². The van der Waals surface area contributed by atoms with Crippen LogP contribution in [-0.4, -0.2) is 16.9 Å². The molecule has 0 radical (unpaired) electrons. The number of unbranched alkanes of at least 4 members (excludes halogenated alkanes) is 1. The molecule has 0 fully saturated rings. The van der Waals surface area contributed by atoms with E-state index in [1.807, 2.05) is 24.3 Å². The number of rotatable bonds is 6. The number of methoxy groups -OCH3 is 1. The van der Waals surface area contributed by atoms with E-state index in [0.717, 1.165) is 29.8 Å². The van der Waals surface area contributed by atoms with Crippen LogP contribution in [0.4, 0.5) is 0 Å². The van der Waals surface area contributed by atoms with Crippen molar-refractivity contribution in [3.63, 3.8) is 0 Å². The average Bonchev–Trinajstić information content (AvgIpc) is 2.53. The molecule has 0 saturated carbocycles. The zero-order valence-electron chi connectivity index (χ0n) is 12.4. The molecule has 0 unspecified atom stereocenters. The van der Waals surface area contributed by atoms with Crippen LogP contribution in [0, 0.1) is 0 Å². The minimum atomic E-state index is -0.0582. The zero-order chi connectivity index (χ0) is 15.2. The summed E-state index contributed by atoms with van der Waals surface area (Å²) in [6, 6.07) is 9.48. The van der Waals surface area contributed by atoms with Gasteiger partial charge >= 0.3 is 0 Å². The van der Waals surface area contributed by atoms with E-state index in [1.165, 1.54) is 4.68 Å². The molecule has 21 heavy (non-hydrogen) atoms. The molecule has 2 rings (SSSR count). The van der Waals surface area contributed by atoms with Gasteiger partial charge in [0.15, 0.2) is 0 Å². The molecule has 1 heterocycles. The van der Waals surface area contributed by atoms with Crippen LogP contribution in [0.3, 0.4) is 0 Å². The molecule has 0 aliphatic rings. The lowest BCUT2D eigenvalue weighted by Crippen LogP contribution is -2.26. The number of para-hydroxylation sites is 1. The van der Waals surface area contributed by atoms with Crippen LogP contribution in [-0.2, 0) is 12.3 Å². The highest BCUT2D eigenvalue weighted by molar-refractivity contribution is 7.79. The molecule has 1 aromatic carbocycles. The summed E-state index contributed by atoms with van der Waals surface area (Å²) < 4.78 is 6.92. The van der Waals surface area contributed by atoms with E-state index in [9.17, 15) is 4.79 Å². The van der Waals surface area contributed by atoms with Crippen LogP contribution in [0.1, 0.15) is 25.3 Å². The summed E-state index contributed by atoms with van der Waals surface area (Å²) in [5, 5.41) is 4.49. The van der Waals surface area contributed by atoms with Crippen LogP contribution >= 0.6 is 12.6 Å². The normalized spacial score (nSPS) is 10.6. The van der Waals surface area contributed by atoms with Gasteiger partial charge < -0.3 is 4.74 Å². The lowest BCUT2D eigenvalue weighted by atomic mass is 10.1. The Labute approximate surface area is 130 Å². The summed E-state index contributed by atoms with van der Waals surface area (Å²) in [5.74, 6) is 1.14. The van der Waals surface area contributed by atoms with Crippen LogP contribution in [0.25, 0.3) is 11.3 Å². The second-order valence-corrected chi connectivity index (χ2v) is 5.11. The molecular formula is C16H20N2O2S. The first kappa shape index (κ1) is 15.6. The molecule has 4 nitrogen and oxygen atoms in total. The Hall–Kier alpha value is -1.75. The Kier molecular flexibility index (Phi) is 5.44. The molecule has 0 N–H and O–H groups in total. The van der Waals surface area contributed by atoms with E-state index in [-0.39, 0.29) is 5.56 Å². The highest BCUT2D eigenvalue weighted by atomic mass is 32.1. The molecule has 0 atom stereocenters. The predicted molar refractivity (Wildman–Crippen MR) is 88.1 cm³/mol. The molecule has 0 aliphatic heterocycles. The molecule has 112 valence electrons. The summed E-state index contributed by atoms with van der Waals surface area (Å²) in [6.07, 6.45) is 1.94. The largest absolute Gasteiger partial charge is 0.496 e. The Morgan fingerprint density at radius 2 is 2.10 bits per heavy atom. The SMILES string of the molecule is CCCCn1nc(-c2ccccc2OC)cc(CS)c1=O. The van der Waals surface area contributed by atoms with Crippen molar-refractivity contribution in [3.8, 4) is 17.0 Å². The van der Waals surface area contributed by atoms with Crippen LogP contribution in [0.15, 0.2) is 35.1 Å². The second kappa shape index (κ2) is 7.31. The van der Waals surface area contributed by atoms with E-state index < -0.39 is 0 Å². The summed E-state index contributed by atoms with van der Waals surface area (Å²) in [5.41, 5.74) is 2.22. The van der Waals surface area contributed by atoms with Gasteiger partial charge in [-0.1, -0.05) is 25.5 Å². The van der Waals surface area contributed by atoms with Crippen molar-refractivity contribution in [1.29, 1.82) is 0 Å². The number of thiol groups is 1. The van der Waals surface area contributed by atoms with Crippen molar-refractivity contribution in [3.05, 3.63) is 46.2 Å². The smallest absolute Gasteiger partial charge is 0.270 e. The molecule has 5 heteroatoms. The van der Waals surface area contributed by atoms with E-state index in [1.54, 1.807) is 13.2 Å². The van der Waals surface area contributed by atoms with Crippen LogP contribution in [0.5, 0.6) is 5.75 Å². The fraction of sp³-hybridized carbons (Fsp3) is 0.375. The van der Waals surface area contributed by atoms with Crippen molar-refractivity contribution in [2.45, 2.75) is 32.1 Å². The van der Waals surface area contributed by atoms with Gasteiger partial charge in [0.05, 0.1) is 12.8 Å². The van der Waals surface area contributed by atoms with Crippen molar-refractivity contribution >= 4 is 12.6 Å². The fourth-order valence-electron chi connectivity index (χ4n) is 2.16. The molecule has 0 saturated heterocycles. The summed E-state index contributed by atoms with van der Waals surface area (Å²) in [7, 11) is 1.63. The number of nitrogens with zero attached hydrogens (tertiary/aromatic N) is 2. The fourth-order valence-corrected chi connectivity index (χ4v) is 2.38. The first-order valence-corrected chi connectivity index (χ1v) is 7.69. The van der Waals surface area contributed by atoms with Gasteiger partial charge in [0, 0.05) is 23.4 Å². The van der Waals surface area contributed by atoms with Crippen molar-refractivity contribution in [1.82, 2.24) is 9.78 Å². The molecule has 1 aromatic heterocycles. The third-order valence-corrected chi connectivity index (χ3v) is 3.67. The van der Waals surface area contributed by atoms with E-state index >= 15 is 0 Å². The van der Waals surface area contributed by atoms with Crippen molar-refractivity contribution < 1.29 is 4.74 Å². The maximum absolute atomic E-state index is 12.3. The Balaban J connectivity index is 2.55. The number of benzene rings is 1. The van der Waals surface area contributed by atoms with Gasteiger partial charge in [0.25, 0.3) is 5.56 Å². The number of ether oxygens (including phenoxy) is 1. The molecule has 0 spiro atoms. The van der Waals surface area contributed by atoms with Gasteiger partial charge in [-0.05, 0) is 24.6 Å². The maximum atomic E-state index is 12.3. The van der Waals surface area contributed by atoms with Gasteiger partial charge in [-0.2, -0.15) is 17.7 Å². The summed E-state index contributed by atoms with van der Waals surface area (Å²) >= 11 is 4.25. The number of aromatic nitrogens is 2. The molecule has 0 aliphatic carbocycles. The Morgan fingerprint density at radius 1 is 1.33 bits per heavy atom. The number of aryl methyl sites for hydroxylation is 1. The number of hydrogen-bond donors (Lipinski definition) is 1. The first-order valence-electron chi connectivity index (χ1n) is 7.06. The second-order valence-electron chi connectivity index (χ2n) is 4.80. The highest BCUT2D eigenvalue weighted by Crippen LogP contribution is 2.27. The predicted octanol–water partition coefficient (Wildman–Crippen LogP) is 3.15. The lowest BCUT2D eigenvalue weighted by molar-refractivity contribution is 0.416. The molecule has 2 aromatic rings. The van der Waals surface area contributed by atoms with Crippen molar-refractivity contribution in [2.75, 3.05) is 7.11 Å². The topological polar surface area (TPSA) is 44.1 Å². The third kappa shape index (κ3) is 3.47. The summed E-state index contributed by atoms with van der Waals surface area (Å²) in [4.78, 5) is 12.3. The lowest BCUT2D eigenvalue weighted by Gasteiger charge is -2.12. The van der Waals surface area contributed by atoms with Gasteiger partial charge in [-0.3, -0.25) is 4.79 Å². The highest BCUT2D eigenvalue weighted by Gasteiger charge is 2.12. The first-order chi connectivity index (χ1) is 10.2. The van der Waals surface area contributed by atoms with Crippen LogP contribution < -0.4 is 10.3 Å². The van der Waals surface area contributed by atoms with Crippen LogP contribution in [0.2, 0.25) is 0 Å². The van der Waals surface area contributed by atoms with Gasteiger partial charge in [-0.25, -0.2) is 4.68 Å². The summed E-state index contributed by atoms with van der Waals surface area (Å²) in [6.45, 7) is 2.72. The Bertz CT molecular complexity index is 668.